The van der Waals surface area contributed by atoms with E-state index in [4.69, 9.17) is 9.47 Å². The average Bonchev–Trinajstić information content (AvgIpc) is 2.83. The first-order valence-electron chi connectivity index (χ1n) is 7.62. The summed E-state index contributed by atoms with van der Waals surface area (Å²) in [5, 5.41) is 0. The van der Waals surface area contributed by atoms with Gasteiger partial charge in [-0.2, -0.15) is 0 Å². The molecule has 1 aromatic carbocycles. The lowest BCUT2D eigenvalue weighted by Crippen LogP contribution is -2.29. The third-order valence-electron chi connectivity index (χ3n) is 4.30. The highest BCUT2D eigenvalue weighted by molar-refractivity contribution is 5.77. The number of aromatic amines is 1. The Morgan fingerprint density at radius 1 is 1.38 bits per heavy atom. The van der Waals surface area contributed by atoms with Crippen molar-refractivity contribution in [3.8, 4) is 5.75 Å². The average molecular weight is 290 g/mol. The van der Waals surface area contributed by atoms with Gasteiger partial charge in [-0.05, 0) is 44.7 Å². The smallest absolute Gasteiger partial charge is 0.326 e. The van der Waals surface area contributed by atoms with Crippen LogP contribution in [0.2, 0.25) is 0 Å². The first-order valence-corrected chi connectivity index (χ1v) is 7.62. The molecule has 21 heavy (non-hydrogen) atoms. The minimum absolute atomic E-state index is 0.0413. The molecule has 5 heteroatoms. The summed E-state index contributed by atoms with van der Waals surface area (Å²) in [7, 11) is 1.75. The number of H-pyrrole nitrogens is 1. The fourth-order valence-electron chi connectivity index (χ4n) is 3.29. The van der Waals surface area contributed by atoms with E-state index in [1.54, 1.807) is 7.11 Å². The Bertz CT molecular complexity index is 674. The molecule has 1 aromatic heterocycles. The second-order valence-electron chi connectivity index (χ2n) is 5.59. The summed E-state index contributed by atoms with van der Waals surface area (Å²) in [4.78, 5) is 15.3. The molecule has 0 aliphatic heterocycles. The number of rotatable bonds is 4. The van der Waals surface area contributed by atoms with Gasteiger partial charge in [-0.3, -0.25) is 4.57 Å². The molecule has 0 radical (unpaired) electrons. The fraction of sp³-hybridized carbons (Fsp3) is 0.562. The van der Waals surface area contributed by atoms with Gasteiger partial charge in [0.05, 0.1) is 23.7 Å². The highest BCUT2D eigenvalue weighted by Crippen LogP contribution is 2.31. The van der Waals surface area contributed by atoms with Crippen molar-refractivity contribution in [2.24, 2.45) is 0 Å². The summed E-state index contributed by atoms with van der Waals surface area (Å²) in [6.45, 7) is 2.58. The fourth-order valence-corrected chi connectivity index (χ4v) is 3.29. The minimum atomic E-state index is -0.0413. The van der Waals surface area contributed by atoms with E-state index in [2.05, 4.69) is 4.98 Å². The molecule has 0 bridgehead atoms. The van der Waals surface area contributed by atoms with Gasteiger partial charge in [0.2, 0.25) is 0 Å². The molecule has 114 valence electrons. The number of hydrogen-bond donors (Lipinski definition) is 1. The number of nitrogens with one attached hydrogen (secondary N) is 1. The van der Waals surface area contributed by atoms with Crippen LogP contribution >= 0.6 is 0 Å². The molecular weight excluding hydrogens is 268 g/mol. The number of ether oxygens (including phenoxy) is 2. The van der Waals surface area contributed by atoms with E-state index in [9.17, 15) is 4.79 Å². The van der Waals surface area contributed by atoms with Gasteiger partial charge in [0, 0.05) is 19.2 Å². The van der Waals surface area contributed by atoms with Crippen LogP contribution in [0.5, 0.6) is 5.75 Å². The Morgan fingerprint density at radius 3 is 3.00 bits per heavy atom. The minimum Gasteiger partial charge on any atom is -0.494 e. The predicted molar refractivity (Wildman–Crippen MR) is 82.0 cm³/mol. The van der Waals surface area contributed by atoms with Crippen molar-refractivity contribution in [1.82, 2.24) is 9.55 Å². The van der Waals surface area contributed by atoms with E-state index in [1.165, 1.54) is 0 Å². The van der Waals surface area contributed by atoms with Crippen molar-refractivity contribution in [3.63, 3.8) is 0 Å². The standard InChI is InChI=1S/C16H22N2O3/c1-3-21-13-7-8-14-15(10-13)18(16(19)17-14)11-5-4-6-12(9-11)20-2/h7-8,10-12H,3-6,9H2,1-2H3,(H,17,19). The SMILES string of the molecule is CCOc1ccc2[nH]c(=O)n(C3CCCC(OC)C3)c2c1. The topological polar surface area (TPSA) is 56.2 Å². The molecule has 1 aliphatic carbocycles. The van der Waals surface area contributed by atoms with Crippen LogP contribution in [0.1, 0.15) is 38.6 Å². The van der Waals surface area contributed by atoms with Crippen molar-refractivity contribution in [3.05, 3.63) is 28.7 Å². The zero-order chi connectivity index (χ0) is 14.8. The van der Waals surface area contributed by atoms with Crippen molar-refractivity contribution >= 4 is 11.0 Å². The molecule has 2 aromatic rings. The summed E-state index contributed by atoms with van der Waals surface area (Å²) in [6.07, 6.45) is 4.32. The third-order valence-corrected chi connectivity index (χ3v) is 4.30. The van der Waals surface area contributed by atoms with Crippen LogP contribution in [0.4, 0.5) is 0 Å². The second-order valence-corrected chi connectivity index (χ2v) is 5.59. The number of hydrogen-bond acceptors (Lipinski definition) is 3. The van der Waals surface area contributed by atoms with Crippen molar-refractivity contribution in [2.75, 3.05) is 13.7 Å². The molecule has 0 spiro atoms. The largest absolute Gasteiger partial charge is 0.494 e. The van der Waals surface area contributed by atoms with Crippen LogP contribution in [0.25, 0.3) is 11.0 Å². The summed E-state index contributed by atoms with van der Waals surface area (Å²) < 4.78 is 12.9. The van der Waals surface area contributed by atoms with Crippen molar-refractivity contribution in [2.45, 2.75) is 44.8 Å². The molecular formula is C16H22N2O3. The van der Waals surface area contributed by atoms with Gasteiger partial charge in [-0.15, -0.1) is 0 Å². The lowest BCUT2D eigenvalue weighted by molar-refractivity contribution is 0.0532. The Kier molecular flexibility index (Phi) is 4.01. The van der Waals surface area contributed by atoms with Gasteiger partial charge in [0.1, 0.15) is 5.75 Å². The van der Waals surface area contributed by atoms with E-state index in [1.807, 2.05) is 29.7 Å². The molecule has 5 nitrogen and oxygen atoms in total. The maximum Gasteiger partial charge on any atom is 0.326 e. The molecule has 2 atom stereocenters. The number of methoxy groups -OCH3 is 1. The number of aromatic nitrogens is 2. The van der Waals surface area contributed by atoms with Gasteiger partial charge in [-0.1, -0.05) is 0 Å². The Labute approximate surface area is 123 Å². The Balaban J connectivity index is 2.02. The van der Waals surface area contributed by atoms with Crippen LogP contribution < -0.4 is 10.4 Å². The molecule has 1 saturated carbocycles. The summed E-state index contributed by atoms with van der Waals surface area (Å²) >= 11 is 0. The van der Waals surface area contributed by atoms with Crippen LogP contribution in [0.15, 0.2) is 23.0 Å². The van der Waals surface area contributed by atoms with E-state index in [0.717, 1.165) is 42.5 Å². The third kappa shape index (κ3) is 2.70. The number of fused-ring (bicyclic) bond motifs is 1. The van der Waals surface area contributed by atoms with E-state index >= 15 is 0 Å². The van der Waals surface area contributed by atoms with E-state index in [0.29, 0.717) is 6.61 Å². The second kappa shape index (κ2) is 5.93. The zero-order valence-corrected chi connectivity index (χ0v) is 12.6. The van der Waals surface area contributed by atoms with Gasteiger partial charge < -0.3 is 14.5 Å². The zero-order valence-electron chi connectivity index (χ0n) is 12.6. The van der Waals surface area contributed by atoms with Gasteiger partial charge in [0.15, 0.2) is 0 Å². The van der Waals surface area contributed by atoms with Crippen LogP contribution in [0.3, 0.4) is 0 Å². The summed E-state index contributed by atoms with van der Waals surface area (Å²) in [5.41, 5.74) is 1.75. The van der Waals surface area contributed by atoms with Crippen LogP contribution in [0, 0.1) is 0 Å². The van der Waals surface area contributed by atoms with Crippen molar-refractivity contribution in [1.29, 1.82) is 0 Å². The number of benzene rings is 1. The molecule has 1 N–H and O–H groups in total. The summed E-state index contributed by atoms with van der Waals surface area (Å²) in [6, 6.07) is 5.95. The normalized spacial score (nSPS) is 22.6. The predicted octanol–water partition coefficient (Wildman–Crippen LogP) is 2.86. The quantitative estimate of drug-likeness (QED) is 0.942. The van der Waals surface area contributed by atoms with E-state index in [-0.39, 0.29) is 17.8 Å². The molecule has 0 saturated heterocycles. The number of imidazole rings is 1. The molecule has 1 heterocycles. The molecule has 0 amide bonds. The summed E-state index contributed by atoms with van der Waals surface area (Å²) in [5.74, 6) is 0.803. The Morgan fingerprint density at radius 2 is 2.24 bits per heavy atom. The van der Waals surface area contributed by atoms with Gasteiger partial charge in [-0.25, -0.2) is 4.79 Å². The van der Waals surface area contributed by atoms with E-state index < -0.39 is 0 Å². The van der Waals surface area contributed by atoms with Gasteiger partial charge >= 0.3 is 5.69 Å². The number of nitrogens with zero attached hydrogens (tertiary/aromatic N) is 1. The monoisotopic (exact) mass is 290 g/mol. The Hall–Kier alpha value is -1.75. The molecule has 1 aliphatic rings. The lowest BCUT2D eigenvalue weighted by atomic mass is 9.92. The maximum atomic E-state index is 12.3. The lowest BCUT2D eigenvalue weighted by Gasteiger charge is -2.29. The first-order chi connectivity index (χ1) is 10.2. The van der Waals surface area contributed by atoms with Crippen LogP contribution in [-0.2, 0) is 4.74 Å². The molecule has 1 fully saturated rings. The molecule has 3 rings (SSSR count). The van der Waals surface area contributed by atoms with Gasteiger partial charge in [0.25, 0.3) is 0 Å². The van der Waals surface area contributed by atoms with Crippen LogP contribution in [-0.4, -0.2) is 29.4 Å². The highest BCUT2D eigenvalue weighted by Gasteiger charge is 2.25. The first kappa shape index (κ1) is 14.2. The van der Waals surface area contributed by atoms with Crippen molar-refractivity contribution < 1.29 is 9.47 Å². The highest BCUT2D eigenvalue weighted by atomic mass is 16.5. The maximum absolute atomic E-state index is 12.3. The molecule has 2 unspecified atom stereocenters.